The largest absolute Gasteiger partial charge is 0.429 e. The van der Waals surface area contributed by atoms with Crippen molar-refractivity contribution in [1.82, 2.24) is 5.32 Å². The van der Waals surface area contributed by atoms with Crippen LogP contribution in [0.1, 0.15) is 13.3 Å². The van der Waals surface area contributed by atoms with Crippen molar-refractivity contribution < 1.29 is 9.53 Å². The van der Waals surface area contributed by atoms with Crippen LogP contribution >= 0.6 is 0 Å². The number of rotatable bonds is 1. The zero-order chi connectivity index (χ0) is 7.56. The lowest BCUT2D eigenvalue weighted by Crippen LogP contribution is -2.29. The molecule has 0 aromatic heterocycles. The molecule has 1 aliphatic heterocycles. The van der Waals surface area contributed by atoms with E-state index in [-0.39, 0.29) is 6.04 Å². The van der Waals surface area contributed by atoms with Crippen molar-refractivity contribution >= 4 is 6.09 Å². The Labute approximate surface area is 58.8 Å². The lowest BCUT2D eigenvalue weighted by Gasteiger charge is -2.04. The first-order valence-electron chi connectivity index (χ1n) is 3.14. The molecule has 0 aromatic carbocycles. The third kappa shape index (κ3) is 1.03. The molecule has 54 valence electrons. The van der Waals surface area contributed by atoms with Gasteiger partial charge in [-0.05, 0) is 6.42 Å². The molecule has 4 heteroatoms. The molecule has 1 heterocycles. The molecule has 0 bridgehead atoms. The number of ether oxygens (including phenoxy) is 1. The third-order valence-corrected chi connectivity index (χ3v) is 1.47. The van der Waals surface area contributed by atoms with Crippen molar-refractivity contribution in [3.8, 4) is 6.07 Å². The van der Waals surface area contributed by atoms with E-state index in [1.54, 1.807) is 0 Å². The van der Waals surface area contributed by atoms with Crippen LogP contribution in [0.5, 0.6) is 0 Å². The Morgan fingerprint density at radius 3 is 3.00 bits per heavy atom. The standard InChI is InChI=1S/C6H8N2O2/c1-2-4-5(3-7)10-6(9)8-4/h4-5H,2H2,1H3,(H,8,9). The molecule has 0 aromatic rings. The van der Waals surface area contributed by atoms with E-state index >= 15 is 0 Å². The number of hydrogen-bond donors (Lipinski definition) is 1. The Bertz CT molecular complexity index is 185. The Morgan fingerprint density at radius 1 is 1.90 bits per heavy atom. The predicted molar refractivity (Wildman–Crippen MR) is 33.1 cm³/mol. The van der Waals surface area contributed by atoms with Gasteiger partial charge >= 0.3 is 6.09 Å². The van der Waals surface area contributed by atoms with Crippen LogP contribution in [0.4, 0.5) is 4.79 Å². The van der Waals surface area contributed by atoms with Crippen LogP contribution in [0, 0.1) is 11.3 Å². The zero-order valence-corrected chi connectivity index (χ0v) is 5.63. The van der Waals surface area contributed by atoms with E-state index in [9.17, 15) is 4.79 Å². The molecule has 4 nitrogen and oxygen atoms in total. The van der Waals surface area contributed by atoms with Crippen molar-refractivity contribution in [2.45, 2.75) is 25.5 Å². The van der Waals surface area contributed by atoms with Gasteiger partial charge in [0.15, 0.2) is 0 Å². The minimum atomic E-state index is -0.600. The first kappa shape index (κ1) is 6.87. The maximum absolute atomic E-state index is 10.5. The number of carbonyl (C=O) groups excluding carboxylic acids is 1. The molecule has 2 atom stereocenters. The molecule has 0 saturated carbocycles. The molecule has 0 aliphatic carbocycles. The molecule has 1 N–H and O–H groups in total. The molecule has 1 amide bonds. The van der Waals surface area contributed by atoms with Gasteiger partial charge in [-0.15, -0.1) is 0 Å². The van der Waals surface area contributed by atoms with E-state index in [4.69, 9.17) is 5.26 Å². The molecular weight excluding hydrogens is 132 g/mol. The summed E-state index contributed by atoms with van der Waals surface area (Å²) in [7, 11) is 0. The second-order valence-corrected chi connectivity index (χ2v) is 2.11. The molecule has 2 unspecified atom stereocenters. The minimum absolute atomic E-state index is 0.127. The summed E-state index contributed by atoms with van der Waals surface area (Å²) < 4.78 is 4.60. The fourth-order valence-electron chi connectivity index (χ4n) is 0.891. The van der Waals surface area contributed by atoms with Crippen molar-refractivity contribution in [3.63, 3.8) is 0 Å². The van der Waals surface area contributed by atoms with Gasteiger partial charge in [0.2, 0.25) is 6.10 Å². The van der Waals surface area contributed by atoms with Gasteiger partial charge in [0.25, 0.3) is 0 Å². The van der Waals surface area contributed by atoms with Crippen LogP contribution in [0.25, 0.3) is 0 Å². The maximum Gasteiger partial charge on any atom is 0.408 e. The number of alkyl carbamates (subject to hydrolysis) is 1. The topological polar surface area (TPSA) is 62.1 Å². The molecule has 0 spiro atoms. The van der Waals surface area contributed by atoms with Crippen LogP contribution in [-0.4, -0.2) is 18.2 Å². The summed E-state index contributed by atoms with van der Waals surface area (Å²) in [6, 6.07) is 1.76. The Hall–Kier alpha value is -1.24. The first-order chi connectivity index (χ1) is 4.77. The summed E-state index contributed by atoms with van der Waals surface area (Å²) in [5.41, 5.74) is 0. The molecular formula is C6H8N2O2. The van der Waals surface area contributed by atoms with Gasteiger partial charge in [-0.25, -0.2) is 4.79 Å². The number of hydrogen-bond acceptors (Lipinski definition) is 3. The lowest BCUT2D eigenvalue weighted by molar-refractivity contribution is 0.155. The Balaban J connectivity index is 2.59. The molecule has 0 radical (unpaired) electrons. The van der Waals surface area contributed by atoms with E-state index in [0.29, 0.717) is 0 Å². The molecule has 1 rings (SSSR count). The fraction of sp³-hybridized carbons (Fsp3) is 0.667. The van der Waals surface area contributed by atoms with Crippen LogP contribution in [0.15, 0.2) is 0 Å². The summed E-state index contributed by atoms with van der Waals surface area (Å²) in [5, 5.41) is 10.9. The van der Waals surface area contributed by atoms with Crippen molar-refractivity contribution in [2.75, 3.05) is 0 Å². The second kappa shape index (κ2) is 2.56. The normalized spacial score (nSPS) is 30.6. The minimum Gasteiger partial charge on any atom is -0.429 e. The number of amides is 1. The van der Waals surface area contributed by atoms with Crippen molar-refractivity contribution in [1.29, 1.82) is 5.26 Å². The highest BCUT2D eigenvalue weighted by Gasteiger charge is 2.32. The average Bonchev–Trinajstić information content (AvgIpc) is 2.30. The fourth-order valence-corrected chi connectivity index (χ4v) is 0.891. The van der Waals surface area contributed by atoms with E-state index in [0.717, 1.165) is 6.42 Å². The van der Waals surface area contributed by atoms with E-state index < -0.39 is 12.2 Å². The van der Waals surface area contributed by atoms with Crippen LogP contribution in [0.2, 0.25) is 0 Å². The summed E-state index contributed by atoms with van der Waals surface area (Å²) in [6.07, 6.45) is -0.361. The molecule has 10 heavy (non-hydrogen) atoms. The summed E-state index contributed by atoms with van der Waals surface area (Å²) >= 11 is 0. The van der Waals surface area contributed by atoms with Crippen LogP contribution in [-0.2, 0) is 4.74 Å². The zero-order valence-electron chi connectivity index (χ0n) is 5.63. The Kier molecular flexibility index (Phi) is 1.76. The summed E-state index contributed by atoms with van der Waals surface area (Å²) in [6.45, 7) is 1.89. The van der Waals surface area contributed by atoms with Crippen LogP contribution < -0.4 is 5.32 Å². The smallest absolute Gasteiger partial charge is 0.408 e. The quantitative estimate of drug-likeness (QED) is 0.573. The van der Waals surface area contributed by atoms with E-state index in [1.165, 1.54) is 0 Å². The first-order valence-corrected chi connectivity index (χ1v) is 3.14. The van der Waals surface area contributed by atoms with Gasteiger partial charge in [-0.2, -0.15) is 5.26 Å². The number of nitriles is 1. The summed E-state index contributed by atoms with van der Waals surface area (Å²) in [4.78, 5) is 10.5. The highest BCUT2D eigenvalue weighted by atomic mass is 16.6. The highest BCUT2D eigenvalue weighted by molar-refractivity contribution is 5.70. The molecule has 1 saturated heterocycles. The number of cyclic esters (lactones) is 1. The van der Waals surface area contributed by atoms with E-state index in [1.807, 2.05) is 13.0 Å². The Morgan fingerprint density at radius 2 is 2.60 bits per heavy atom. The summed E-state index contributed by atoms with van der Waals surface area (Å²) in [5.74, 6) is 0. The number of nitrogens with zero attached hydrogens (tertiary/aromatic N) is 1. The predicted octanol–water partition coefficient (Wildman–Crippen LogP) is 0.397. The lowest BCUT2D eigenvalue weighted by atomic mass is 10.1. The molecule has 1 aliphatic rings. The maximum atomic E-state index is 10.5. The van der Waals surface area contributed by atoms with Crippen LogP contribution in [0.3, 0.4) is 0 Å². The van der Waals surface area contributed by atoms with Crippen molar-refractivity contribution in [2.24, 2.45) is 0 Å². The van der Waals surface area contributed by atoms with Gasteiger partial charge < -0.3 is 10.1 Å². The third-order valence-electron chi connectivity index (χ3n) is 1.47. The van der Waals surface area contributed by atoms with Crippen molar-refractivity contribution in [3.05, 3.63) is 0 Å². The second-order valence-electron chi connectivity index (χ2n) is 2.11. The van der Waals surface area contributed by atoms with Gasteiger partial charge in [0.05, 0.1) is 6.04 Å². The van der Waals surface area contributed by atoms with Gasteiger partial charge in [-0.3, -0.25) is 0 Å². The van der Waals surface area contributed by atoms with Gasteiger partial charge in [-0.1, -0.05) is 6.92 Å². The SMILES string of the molecule is CCC1NC(=O)OC1C#N. The monoisotopic (exact) mass is 140 g/mol. The average molecular weight is 140 g/mol. The molecule has 1 fully saturated rings. The number of nitrogens with one attached hydrogen (secondary N) is 1. The van der Waals surface area contributed by atoms with Gasteiger partial charge in [0.1, 0.15) is 6.07 Å². The highest BCUT2D eigenvalue weighted by Crippen LogP contribution is 2.09. The van der Waals surface area contributed by atoms with Gasteiger partial charge in [0, 0.05) is 0 Å². The number of carbonyl (C=O) groups is 1. The van der Waals surface area contributed by atoms with E-state index in [2.05, 4.69) is 10.1 Å².